The quantitative estimate of drug-likeness (QED) is 0.756. The van der Waals surface area contributed by atoms with Crippen LogP contribution >= 0.6 is 22.6 Å². The molecule has 1 heterocycles. The minimum Gasteiger partial charge on any atom is -0.299 e. The number of carbonyl (C=O) groups is 1. The van der Waals surface area contributed by atoms with Gasteiger partial charge in [-0.1, -0.05) is 12.1 Å². The van der Waals surface area contributed by atoms with E-state index in [0.29, 0.717) is 19.3 Å². The summed E-state index contributed by atoms with van der Waals surface area (Å²) in [6, 6.07) is 7.85. The number of hydrogen-bond donors (Lipinski definition) is 0. The maximum atomic E-state index is 11.9. The molecule has 18 heavy (non-hydrogen) atoms. The number of ketones is 1. The molecule has 0 aromatic heterocycles. The van der Waals surface area contributed by atoms with Gasteiger partial charge in [-0.05, 0) is 52.6 Å². The Morgan fingerprint density at radius 2 is 1.94 bits per heavy atom. The minimum atomic E-state index is -2.87. The van der Waals surface area contributed by atoms with E-state index in [0.717, 1.165) is 9.13 Å². The van der Waals surface area contributed by atoms with Crippen molar-refractivity contribution in [1.29, 1.82) is 0 Å². The summed E-state index contributed by atoms with van der Waals surface area (Å²) in [5.74, 6) is 0.601. The number of hydrogen-bond acceptors (Lipinski definition) is 3. The minimum absolute atomic E-state index is 0.0337. The highest BCUT2D eigenvalue weighted by Gasteiger charge is 2.29. The Balaban J connectivity index is 1.88. The second kappa shape index (κ2) is 5.69. The van der Waals surface area contributed by atoms with Gasteiger partial charge in [0.05, 0.1) is 11.5 Å². The second-order valence-corrected chi connectivity index (χ2v) is 8.29. The molecule has 0 bridgehead atoms. The van der Waals surface area contributed by atoms with Gasteiger partial charge in [0, 0.05) is 16.4 Å². The van der Waals surface area contributed by atoms with Crippen molar-refractivity contribution in [2.75, 3.05) is 11.5 Å². The third-order valence-electron chi connectivity index (χ3n) is 3.16. The fourth-order valence-corrected chi connectivity index (χ4v) is 4.48. The highest BCUT2D eigenvalue weighted by atomic mass is 127. The predicted octanol–water partition coefficient (Wildman–Crippen LogP) is 2.23. The molecule has 3 nitrogen and oxygen atoms in total. The first kappa shape index (κ1) is 14.0. The zero-order chi connectivity index (χ0) is 13.2. The summed E-state index contributed by atoms with van der Waals surface area (Å²) in [6.45, 7) is 0. The van der Waals surface area contributed by atoms with Gasteiger partial charge in [-0.25, -0.2) is 8.42 Å². The number of rotatable bonds is 4. The van der Waals surface area contributed by atoms with Crippen molar-refractivity contribution in [2.45, 2.75) is 19.3 Å². The highest BCUT2D eigenvalue weighted by molar-refractivity contribution is 14.1. The van der Waals surface area contributed by atoms with Crippen LogP contribution in [0.4, 0.5) is 0 Å². The molecule has 5 heteroatoms. The van der Waals surface area contributed by atoms with E-state index in [9.17, 15) is 13.2 Å². The van der Waals surface area contributed by atoms with Crippen LogP contribution in [0.2, 0.25) is 0 Å². The third kappa shape index (κ3) is 4.05. The predicted molar refractivity (Wildman–Crippen MR) is 79.2 cm³/mol. The molecule has 0 saturated carbocycles. The van der Waals surface area contributed by atoms with Gasteiger partial charge in [0.1, 0.15) is 5.78 Å². The Labute approximate surface area is 121 Å². The Hall–Kier alpha value is -0.430. The smallest absolute Gasteiger partial charge is 0.150 e. The molecule has 0 spiro atoms. The van der Waals surface area contributed by atoms with Crippen molar-refractivity contribution in [3.05, 3.63) is 33.4 Å². The second-order valence-electron chi connectivity index (χ2n) is 4.82. The van der Waals surface area contributed by atoms with E-state index >= 15 is 0 Å². The van der Waals surface area contributed by atoms with Gasteiger partial charge in [0.2, 0.25) is 0 Å². The van der Waals surface area contributed by atoms with Crippen molar-refractivity contribution in [1.82, 2.24) is 0 Å². The lowest BCUT2D eigenvalue weighted by Gasteiger charge is -2.06. The van der Waals surface area contributed by atoms with Gasteiger partial charge in [0.15, 0.2) is 9.84 Å². The molecule has 1 saturated heterocycles. The first-order chi connectivity index (χ1) is 8.44. The van der Waals surface area contributed by atoms with Crippen molar-refractivity contribution < 1.29 is 13.2 Å². The molecule has 1 unspecified atom stereocenters. The molecule has 1 aromatic rings. The number of carbonyl (C=O) groups excluding carboxylic acids is 1. The van der Waals surface area contributed by atoms with Crippen LogP contribution in [0.5, 0.6) is 0 Å². The lowest BCUT2D eigenvalue weighted by Crippen LogP contribution is -2.12. The fourth-order valence-electron chi connectivity index (χ4n) is 2.26. The fraction of sp³-hybridized carbons (Fsp3) is 0.462. The lowest BCUT2D eigenvalue weighted by atomic mass is 9.98. The SMILES string of the molecule is O=C(Cc1ccc(I)cc1)CC1CCS(=O)(=O)C1. The first-order valence-corrected chi connectivity index (χ1v) is 8.81. The van der Waals surface area contributed by atoms with Crippen molar-refractivity contribution in [3.8, 4) is 0 Å². The van der Waals surface area contributed by atoms with E-state index in [4.69, 9.17) is 0 Å². The van der Waals surface area contributed by atoms with Gasteiger partial charge in [-0.2, -0.15) is 0 Å². The molecule has 0 amide bonds. The Morgan fingerprint density at radius 3 is 2.50 bits per heavy atom. The molecular formula is C13H15IO3S. The molecule has 1 fully saturated rings. The van der Waals surface area contributed by atoms with Crippen molar-refractivity contribution in [3.63, 3.8) is 0 Å². The standard InChI is InChI=1S/C13H15IO3S/c14-12-3-1-10(2-4-12)7-13(15)8-11-5-6-18(16,17)9-11/h1-4,11H,5-9H2. The van der Waals surface area contributed by atoms with Gasteiger partial charge in [-0.3, -0.25) is 4.79 Å². The monoisotopic (exact) mass is 378 g/mol. The highest BCUT2D eigenvalue weighted by Crippen LogP contribution is 2.22. The zero-order valence-corrected chi connectivity index (χ0v) is 12.9. The number of sulfone groups is 1. The van der Waals surface area contributed by atoms with Crippen LogP contribution in [0.25, 0.3) is 0 Å². The van der Waals surface area contributed by atoms with Crippen LogP contribution in [0.1, 0.15) is 18.4 Å². The summed E-state index contributed by atoms with van der Waals surface area (Å²) >= 11 is 2.22. The van der Waals surface area contributed by atoms with E-state index in [2.05, 4.69) is 22.6 Å². The summed E-state index contributed by atoms with van der Waals surface area (Å²) in [7, 11) is -2.87. The van der Waals surface area contributed by atoms with Crippen LogP contribution in [0.3, 0.4) is 0 Å². The maximum absolute atomic E-state index is 11.9. The van der Waals surface area contributed by atoms with Crippen LogP contribution in [-0.4, -0.2) is 25.7 Å². The Bertz CT molecular complexity index is 534. The van der Waals surface area contributed by atoms with E-state index in [-0.39, 0.29) is 23.2 Å². The summed E-state index contributed by atoms with van der Waals surface area (Å²) in [4.78, 5) is 11.9. The van der Waals surface area contributed by atoms with E-state index < -0.39 is 9.84 Å². The average molecular weight is 378 g/mol. The topological polar surface area (TPSA) is 51.2 Å². The summed E-state index contributed by atoms with van der Waals surface area (Å²) in [6.07, 6.45) is 1.44. The molecule has 0 radical (unpaired) electrons. The molecular weight excluding hydrogens is 363 g/mol. The summed E-state index contributed by atoms with van der Waals surface area (Å²) in [5.41, 5.74) is 1.00. The van der Waals surface area contributed by atoms with E-state index in [1.165, 1.54) is 0 Å². The van der Waals surface area contributed by atoms with Gasteiger partial charge < -0.3 is 0 Å². The van der Waals surface area contributed by atoms with Crippen molar-refractivity contribution in [2.24, 2.45) is 5.92 Å². The lowest BCUT2D eigenvalue weighted by molar-refractivity contribution is -0.119. The Kier molecular flexibility index (Phi) is 4.42. The van der Waals surface area contributed by atoms with Crippen LogP contribution in [-0.2, 0) is 21.1 Å². The molecule has 98 valence electrons. The maximum Gasteiger partial charge on any atom is 0.150 e. The number of benzene rings is 1. The largest absolute Gasteiger partial charge is 0.299 e. The summed E-state index contributed by atoms with van der Waals surface area (Å²) in [5, 5.41) is 0. The molecule has 1 aliphatic rings. The van der Waals surface area contributed by atoms with Gasteiger partial charge in [-0.15, -0.1) is 0 Å². The van der Waals surface area contributed by atoms with Crippen LogP contribution in [0, 0.1) is 9.49 Å². The van der Waals surface area contributed by atoms with Crippen LogP contribution in [0.15, 0.2) is 24.3 Å². The third-order valence-corrected chi connectivity index (χ3v) is 5.71. The normalized spacial score (nSPS) is 21.9. The van der Waals surface area contributed by atoms with Gasteiger partial charge in [0.25, 0.3) is 0 Å². The number of Topliss-reactive ketones (excluding diaryl/α,β-unsaturated/α-hetero) is 1. The van der Waals surface area contributed by atoms with Crippen molar-refractivity contribution >= 4 is 38.2 Å². The molecule has 0 N–H and O–H groups in total. The molecule has 1 aromatic carbocycles. The Morgan fingerprint density at radius 1 is 1.28 bits per heavy atom. The zero-order valence-electron chi connectivity index (χ0n) is 9.93. The molecule has 2 rings (SSSR count). The summed E-state index contributed by atoms with van der Waals surface area (Å²) < 4.78 is 23.8. The average Bonchev–Trinajstić information content (AvgIpc) is 2.61. The van der Waals surface area contributed by atoms with Gasteiger partial charge >= 0.3 is 0 Å². The van der Waals surface area contributed by atoms with Crippen LogP contribution < -0.4 is 0 Å². The van der Waals surface area contributed by atoms with E-state index in [1.54, 1.807) is 0 Å². The molecule has 1 atom stereocenters. The molecule has 1 aliphatic heterocycles. The molecule has 0 aliphatic carbocycles. The first-order valence-electron chi connectivity index (χ1n) is 5.91. The number of halogens is 1. The van der Waals surface area contributed by atoms with E-state index in [1.807, 2.05) is 24.3 Å².